The summed E-state index contributed by atoms with van der Waals surface area (Å²) in [7, 11) is 0. The van der Waals surface area contributed by atoms with Gasteiger partial charge in [0.05, 0.1) is 17.9 Å². The molecule has 0 amide bonds. The van der Waals surface area contributed by atoms with E-state index in [4.69, 9.17) is 11.6 Å². The van der Waals surface area contributed by atoms with Gasteiger partial charge in [-0.1, -0.05) is 17.7 Å². The van der Waals surface area contributed by atoms with Crippen molar-refractivity contribution in [2.24, 2.45) is 0 Å². The number of benzene rings is 1. The van der Waals surface area contributed by atoms with Crippen molar-refractivity contribution in [3.05, 3.63) is 47.0 Å². The smallest absolute Gasteiger partial charge is 0.124 e. The maximum absolute atomic E-state index is 13.0. The highest BCUT2D eigenvalue weighted by atomic mass is 35.5. The number of aromatic nitrogens is 2. The van der Waals surface area contributed by atoms with Gasteiger partial charge in [-0.2, -0.15) is 5.10 Å². The molecule has 1 heterocycles. The topological polar surface area (TPSA) is 29.9 Å². The Bertz CT molecular complexity index is 566. The number of nitrogens with one attached hydrogen (secondary N) is 1. The first-order valence-corrected chi connectivity index (χ1v) is 6.61. The van der Waals surface area contributed by atoms with E-state index in [0.29, 0.717) is 11.1 Å². The Hall–Kier alpha value is -1.55. The van der Waals surface area contributed by atoms with Gasteiger partial charge in [-0.05, 0) is 38.5 Å². The monoisotopic (exact) mass is 281 g/mol. The van der Waals surface area contributed by atoms with Crippen LogP contribution >= 0.6 is 11.6 Å². The molecule has 102 valence electrons. The van der Waals surface area contributed by atoms with Gasteiger partial charge in [0.2, 0.25) is 0 Å². The van der Waals surface area contributed by atoms with Crippen LogP contribution < -0.4 is 5.32 Å². The molecule has 1 N–H and O–H groups in total. The average molecular weight is 282 g/mol. The first kappa shape index (κ1) is 13.9. The van der Waals surface area contributed by atoms with Crippen LogP contribution in [0.15, 0.2) is 30.6 Å². The molecular formula is C14H17ClFN3. The molecule has 0 aliphatic carbocycles. The van der Waals surface area contributed by atoms with Crippen LogP contribution in [0.4, 0.5) is 10.1 Å². The van der Waals surface area contributed by atoms with Crippen LogP contribution in [0.1, 0.15) is 38.4 Å². The summed E-state index contributed by atoms with van der Waals surface area (Å²) in [4.78, 5) is 0. The molecule has 3 nitrogen and oxygen atoms in total. The SMILES string of the molecule is CC(Nc1cnn(C(C)C)c1)c1ccc(F)cc1Cl. The van der Waals surface area contributed by atoms with E-state index < -0.39 is 0 Å². The van der Waals surface area contributed by atoms with E-state index in [0.717, 1.165) is 11.3 Å². The lowest BCUT2D eigenvalue weighted by atomic mass is 10.1. The molecule has 0 saturated heterocycles. The molecule has 19 heavy (non-hydrogen) atoms. The second-order valence-corrected chi connectivity index (χ2v) is 5.24. The van der Waals surface area contributed by atoms with Gasteiger partial charge in [-0.15, -0.1) is 0 Å². The summed E-state index contributed by atoms with van der Waals surface area (Å²) in [6, 6.07) is 4.74. The molecule has 0 aliphatic heterocycles. The Morgan fingerprint density at radius 2 is 2.05 bits per heavy atom. The van der Waals surface area contributed by atoms with E-state index in [1.807, 2.05) is 17.8 Å². The number of rotatable bonds is 4. The third-order valence-corrected chi connectivity index (χ3v) is 3.27. The Kier molecular flexibility index (Phi) is 4.10. The van der Waals surface area contributed by atoms with Crippen molar-refractivity contribution in [2.45, 2.75) is 32.9 Å². The molecule has 0 bridgehead atoms. The largest absolute Gasteiger partial charge is 0.376 e. The number of hydrogen-bond acceptors (Lipinski definition) is 2. The fraction of sp³-hybridized carbons (Fsp3) is 0.357. The number of anilines is 1. The lowest BCUT2D eigenvalue weighted by Crippen LogP contribution is -2.07. The van der Waals surface area contributed by atoms with Crippen molar-refractivity contribution < 1.29 is 4.39 Å². The van der Waals surface area contributed by atoms with Crippen LogP contribution in [0.2, 0.25) is 5.02 Å². The van der Waals surface area contributed by atoms with Crippen LogP contribution in [0.3, 0.4) is 0 Å². The molecule has 1 aromatic carbocycles. The first-order chi connectivity index (χ1) is 8.97. The highest BCUT2D eigenvalue weighted by molar-refractivity contribution is 6.31. The standard InChI is InChI=1S/C14H17ClFN3/c1-9(2)19-8-12(7-17-19)18-10(3)13-5-4-11(16)6-14(13)15/h4-10,18H,1-3H3. The van der Waals surface area contributed by atoms with Gasteiger partial charge in [0.15, 0.2) is 0 Å². The second-order valence-electron chi connectivity index (χ2n) is 4.83. The Morgan fingerprint density at radius 3 is 2.63 bits per heavy atom. The zero-order valence-electron chi connectivity index (χ0n) is 11.2. The molecule has 0 radical (unpaired) electrons. The molecule has 1 aromatic heterocycles. The van der Waals surface area contributed by atoms with Crippen molar-refractivity contribution in [3.8, 4) is 0 Å². The number of nitrogens with zero attached hydrogens (tertiary/aromatic N) is 2. The van der Waals surface area contributed by atoms with Gasteiger partial charge in [0.1, 0.15) is 5.82 Å². The van der Waals surface area contributed by atoms with Crippen LogP contribution in [-0.2, 0) is 0 Å². The van der Waals surface area contributed by atoms with Gasteiger partial charge < -0.3 is 5.32 Å². The summed E-state index contributed by atoms with van der Waals surface area (Å²) in [6.07, 6.45) is 3.71. The summed E-state index contributed by atoms with van der Waals surface area (Å²) < 4.78 is 14.9. The maximum Gasteiger partial charge on any atom is 0.124 e. The van der Waals surface area contributed by atoms with Crippen LogP contribution in [0.5, 0.6) is 0 Å². The van der Waals surface area contributed by atoms with Gasteiger partial charge in [0, 0.05) is 17.3 Å². The predicted octanol–water partition coefficient (Wildman–Crippen LogP) is 4.43. The van der Waals surface area contributed by atoms with E-state index >= 15 is 0 Å². The Morgan fingerprint density at radius 1 is 1.32 bits per heavy atom. The summed E-state index contributed by atoms with van der Waals surface area (Å²) in [5.74, 6) is -0.325. The van der Waals surface area contributed by atoms with E-state index in [1.165, 1.54) is 12.1 Å². The molecule has 1 atom stereocenters. The van der Waals surface area contributed by atoms with Gasteiger partial charge >= 0.3 is 0 Å². The molecule has 0 saturated carbocycles. The summed E-state index contributed by atoms with van der Waals surface area (Å²) in [5.41, 5.74) is 1.78. The molecular weight excluding hydrogens is 265 g/mol. The fourth-order valence-corrected chi connectivity index (χ4v) is 2.21. The second kappa shape index (κ2) is 5.61. The normalized spacial score (nSPS) is 12.7. The highest BCUT2D eigenvalue weighted by Gasteiger charge is 2.11. The third kappa shape index (κ3) is 3.26. The minimum absolute atomic E-state index is 0.0158. The van der Waals surface area contributed by atoms with Crippen molar-refractivity contribution in [2.75, 3.05) is 5.32 Å². The van der Waals surface area contributed by atoms with Gasteiger partial charge in [0.25, 0.3) is 0 Å². The zero-order valence-corrected chi connectivity index (χ0v) is 11.9. The number of halogens is 2. The van der Waals surface area contributed by atoms with E-state index in [1.54, 1.807) is 12.3 Å². The van der Waals surface area contributed by atoms with Crippen molar-refractivity contribution >= 4 is 17.3 Å². The number of hydrogen-bond donors (Lipinski definition) is 1. The van der Waals surface area contributed by atoms with E-state index in [9.17, 15) is 4.39 Å². The van der Waals surface area contributed by atoms with Crippen molar-refractivity contribution in [3.63, 3.8) is 0 Å². The maximum atomic E-state index is 13.0. The summed E-state index contributed by atoms with van der Waals surface area (Å²) >= 11 is 6.05. The minimum Gasteiger partial charge on any atom is -0.376 e. The van der Waals surface area contributed by atoms with Crippen LogP contribution in [-0.4, -0.2) is 9.78 Å². The van der Waals surface area contributed by atoms with Crippen LogP contribution in [0, 0.1) is 5.82 Å². The average Bonchev–Trinajstić information content (AvgIpc) is 2.77. The Labute approximate surface area is 117 Å². The zero-order chi connectivity index (χ0) is 14.0. The van der Waals surface area contributed by atoms with Gasteiger partial charge in [-0.3, -0.25) is 4.68 Å². The Balaban J connectivity index is 2.13. The molecule has 5 heteroatoms. The molecule has 2 aromatic rings. The lowest BCUT2D eigenvalue weighted by molar-refractivity contribution is 0.532. The first-order valence-electron chi connectivity index (χ1n) is 6.23. The molecule has 0 aliphatic rings. The van der Waals surface area contributed by atoms with Crippen molar-refractivity contribution in [1.29, 1.82) is 0 Å². The third-order valence-electron chi connectivity index (χ3n) is 2.94. The van der Waals surface area contributed by atoms with E-state index in [2.05, 4.69) is 24.3 Å². The highest BCUT2D eigenvalue weighted by Crippen LogP contribution is 2.26. The minimum atomic E-state index is -0.325. The molecule has 0 fully saturated rings. The molecule has 2 rings (SSSR count). The van der Waals surface area contributed by atoms with Crippen molar-refractivity contribution in [1.82, 2.24) is 9.78 Å². The molecule has 1 unspecified atom stereocenters. The van der Waals surface area contributed by atoms with E-state index in [-0.39, 0.29) is 11.9 Å². The lowest BCUT2D eigenvalue weighted by Gasteiger charge is -2.15. The predicted molar refractivity (Wildman–Crippen MR) is 76.1 cm³/mol. The summed E-state index contributed by atoms with van der Waals surface area (Å²) in [5, 5.41) is 7.99. The quantitative estimate of drug-likeness (QED) is 0.898. The summed E-state index contributed by atoms with van der Waals surface area (Å²) in [6.45, 7) is 6.11. The van der Waals surface area contributed by atoms with Crippen LogP contribution in [0.25, 0.3) is 0 Å². The molecule has 0 spiro atoms. The van der Waals surface area contributed by atoms with Gasteiger partial charge in [-0.25, -0.2) is 4.39 Å². The fourth-order valence-electron chi connectivity index (χ4n) is 1.88.